The van der Waals surface area contributed by atoms with Gasteiger partial charge in [-0.05, 0) is 128 Å². The predicted octanol–water partition coefficient (Wildman–Crippen LogP) is 18.3. The molecule has 348 valence electrons. The molecule has 0 N–H and O–H groups in total. The molecule has 0 aliphatic carbocycles. The van der Waals surface area contributed by atoms with Crippen LogP contribution in [0, 0.1) is 6.92 Å². The quantitative estimate of drug-likeness (QED) is 0.137. The first-order valence-electron chi connectivity index (χ1n) is 25.1. The van der Waals surface area contributed by atoms with Crippen molar-refractivity contribution in [3.05, 3.63) is 279 Å². The second-order valence-electron chi connectivity index (χ2n) is 18.9. The maximum Gasteiger partial charge on any atom is 0.164 e. The fraction of sp³-hybridized carbons (Fsp3) is 0.0143. The second-order valence-corrected chi connectivity index (χ2v) is 18.9. The molecule has 2 heterocycles. The topological polar surface area (TPSA) is 43.6 Å². The minimum atomic E-state index is 0.608. The van der Waals surface area contributed by atoms with E-state index in [0.717, 1.165) is 61.3 Å². The zero-order chi connectivity index (χ0) is 49.4. The lowest BCUT2D eigenvalue weighted by molar-refractivity contribution is 1.07. The van der Waals surface area contributed by atoms with Gasteiger partial charge in [-0.15, -0.1) is 0 Å². The second kappa shape index (κ2) is 19.1. The molecule has 0 unspecified atom stereocenters. The molecular formula is C70H48N4. The smallest absolute Gasteiger partial charge is 0.164 e. The molecule has 4 nitrogen and oxygen atoms in total. The number of aryl methyl sites for hydroxylation is 1. The Hall–Kier alpha value is -9.77. The van der Waals surface area contributed by atoms with Crippen LogP contribution in [-0.4, -0.2) is 19.5 Å². The zero-order valence-corrected chi connectivity index (χ0v) is 40.8. The number of benzene rings is 11. The van der Waals surface area contributed by atoms with Crippen molar-refractivity contribution in [1.82, 2.24) is 19.5 Å². The van der Waals surface area contributed by atoms with Crippen LogP contribution in [0.3, 0.4) is 0 Å². The minimum Gasteiger partial charge on any atom is -0.309 e. The van der Waals surface area contributed by atoms with E-state index in [1.807, 2.05) is 0 Å². The highest BCUT2D eigenvalue weighted by atomic mass is 15.0. The first-order valence-corrected chi connectivity index (χ1v) is 25.1. The molecule has 0 atom stereocenters. The molecule has 2 aromatic heterocycles. The third-order valence-electron chi connectivity index (χ3n) is 14.1. The van der Waals surface area contributed by atoms with Gasteiger partial charge in [-0.25, -0.2) is 15.0 Å². The van der Waals surface area contributed by atoms with E-state index >= 15 is 0 Å². The van der Waals surface area contributed by atoms with E-state index in [9.17, 15) is 0 Å². The number of para-hydroxylation sites is 2. The van der Waals surface area contributed by atoms with Crippen LogP contribution in [0.25, 0.3) is 128 Å². The van der Waals surface area contributed by atoms with Gasteiger partial charge in [0, 0.05) is 33.2 Å². The molecular weight excluding hydrogens is 897 g/mol. The Balaban J connectivity index is 0.868. The van der Waals surface area contributed by atoms with Crippen molar-refractivity contribution in [2.75, 3.05) is 0 Å². The van der Waals surface area contributed by atoms with Crippen molar-refractivity contribution >= 4 is 21.8 Å². The van der Waals surface area contributed by atoms with Crippen LogP contribution in [0.5, 0.6) is 0 Å². The van der Waals surface area contributed by atoms with Crippen molar-refractivity contribution < 1.29 is 0 Å². The van der Waals surface area contributed by atoms with Crippen molar-refractivity contribution in [2.24, 2.45) is 0 Å². The van der Waals surface area contributed by atoms with Gasteiger partial charge in [-0.1, -0.05) is 224 Å². The van der Waals surface area contributed by atoms with Crippen molar-refractivity contribution in [3.63, 3.8) is 0 Å². The summed E-state index contributed by atoms with van der Waals surface area (Å²) in [5.74, 6) is 1.83. The van der Waals surface area contributed by atoms with E-state index in [1.165, 1.54) is 55.2 Å². The summed E-state index contributed by atoms with van der Waals surface area (Å²) in [6.45, 7) is 2.16. The van der Waals surface area contributed by atoms with Crippen LogP contribution in [-0.2, 0) is 0 Å². The molecule has 0 saturated heterocycles. The van der Waals surface area contributed by atoms with Crippen molar-refractivity contribution in [1.29, 1.82) is 0 Å². The summed E-state index contributed by atoms with van der Waals surface area (Å²) in [6.07, 6.45) is 0. The van der Waals surface area contributed by atoms with Crippen LogP contribution in [0.4, 0.5) is 0 Å². The highest BCUT2D eigenvalue weighted by Crippen LogP contribution is 2.36. The van der Waals surface area contributed by atoms with E-state index in [4.69, 9.17) is 15.0 Å². The summed E-state index contributed by atoms with van der Waals surface area (Å²) >= 11 is 0. The van der Waals surface area contributed by atoms with Gasteiger partial charge in [-0.2, -0.15) is 0 Å². The van der Waals surface area contributed by atoms with E-state index in [1.54, 1.807) is 0 Å². The lowest BCUT2D eigenvalue weighted by Crippen LogP contribution is -2.00. The number of aromatic nitrogens is 4. The molecule has 4 heteroatoms. The Labute approximate surface area is 431 Å². The molecule has 0 bridgehead atoms. The average molecular weight is 945 g/mol. The zero-order valence-electron chi connectivity index (χ0n) is 40.8. The molecule has 0 radical (unpaired) electrons. The summed E-state index contributed by atoms with van der Waals surface area (Å²) in [4.78, 5) is 15.7. The Bertz CT molecular complexity index is 4120. The molecule has 0 spiro atoms. The van der Waals surface area contributed by atoms with Gasteiger partial charge in [-0.3, -0.25) is 0 Å². The fourth-order valence-electron chi connectivity index (χ4n) is 10.4. The van der Waals surface area contributed by atoms with E-state index < -0.39 is 0 Å². The van der Waals surface area contributed by atoms with Gasteiger partial charge < -0.3 is 4.57 Å². The first kappa shape index (κ1) is 44.2. The highest BCUT2D eigenvalue weighted by molar-refractivity contribution is 6.09. The first-order chi connectivity index (χ1) is 36.5. The Morgan fingerprint density at radius 1 is 0.230 bits per heavy atom. The van der Waals surface area contributed by atoms with Gasteiger partial charge in [0.15, 0.2) is 17.5 Å². The van der Waals surface area contributed by atoms with Crippen molar-refractivity contribution in [3.8, 4) is 107 Å². The number of hydrogen-bond donors (Lipinski definition) is 0. The SMILES string of the molecule is Cc1cc(-c2ccccc2)cc(-c2ccc(-c3nc(-c4ccc(-c5cccc(-n6c7ccccc7c7ccccc76)c5)cc4)nc(-c4cccc(-c5cccc(-c6cccc(-c7ccccc7)c6)c5)c4)n3)cc2)c1. The number of rotatable bonds is 10. The van der Waals surface area contributed by atoms with Gasteiger partial charge in [0.25, 0.3) is 0 Å². The summed E-state index contributed by atoms with van der Waals surface area (Å²) < 4.78 is 2.36. The van der Waals surface area contributed by atoms with Gasteiger partial charge in [0.2, 0.25) is 0 Å². The number of hydrogen-bond acceptors (Lipinski definition) is 3. The molecule has 0 amide bonds. The standard InChI is InChI=1S/C70H48N4/c1-47-40-61(49-18-6-3-7-19-49)45-62(41-47)51-34-38-53(39-35-51)69-71-68(52-36-32-50(33-37-52)59-25-15-27-63(46-59)74-66-30-10-8-28-64(66)65-29-9-11-31-67(65)74)72-70(73-69)60-26-14-24-58(44-60)57-23-13-22-56(43-57)55-21-12-20-54(42-55)48-16-4-2-5-17-48/h2-46H,1H3. The summed E-state index contributed by atoms with van der Waals surface area (Å²) in [5.41, 5.74) is 21.3. The minimum absolute atomic E-state index is 0.608. The lowest BCUT2D eigenvalue weighted by atomic mass is 9.95. The molecule has 0 fully saturated rings. The normalized spacial score (nSPS) is 11.3. The van der Waals surface area contributed by atoms with Gasteiger partial charge >= 0.3 is 0 Å². The monoisotopic (exact) mass is 944 g/mol. The molecule has 0 saturated carbocycles. The molecule has 13 rings (SSSR count). The Morgan fingerprint density at radius 3 is 1.04 bits per heavy atom. The maximum atomic E-state index is 5.23. The van der Waals surface area contributed by atoms with E-state index in [2.05, 4.69) is 284 Å². The molecule has 0 aliphatic heterocycles. The average Bonchev–Trinajstić information content (AvgIpc) is 3.82. The third-order valence-corrected chi connectivity index (χ3v) is 14.1. The predicted molar refractivity (Wildman–Crippen MR) is 308 cm³/mol. The van der Waals surface area contributed by atoms with Crippen LogP contribution < -0.4 is 0 Å². The van der Waals surface area contributed by atoms with Gasteiger partial charge in [0.05, 0.1) is 11.0 Å². The molecule has 13 aromatic rings. The fourth-order valence-corrected chi connectivity index (χ4v) is 10.4. The number of nitrogens with zero attached hydrogens (tertiary/aromatic N) is 4. The van der Waals surface area contributed by atoms with Crippen LogP contribution in [0.1, 0.15) is 5.56 Å². The highest BCUT2D eigenvalue weighted by Gasteiger charge is 2.16. The van der Waals surface area contributed by atoms with Gasteiger partial charge in [0.1, 0.15) is 0 Å². The summed E-state index contributed by atoms with van der Waals surface area (Å²) in [6, 6.07) is 97.2. The largest absolute Gasteiger partial charge is 0.309 e. The van der Waals surface area contributed by atoms with Crippen LogP contribution in [0.15, 0.2) is 273 Å². The molecule has 0 aliphatic rings. The van der Waals surface area contributed by atoms with Crippen LogP contribution in [0.2, 0.25) is 0 Å². The Kier molecular flexibility index (Phi) is 11.4. The van der Waals surface area contributed by atoms with E-state index in [-0.39, 0.29) is 0 Å². The van der Waals surface area contributed by atoms with Crippen LogP contribution >= 0.6 is 0 Å². The number of fused-ring (bicyclic) bond motifs is 3. The lowest BCUT2D eigenvalue weighted by Gasteiger charge is -2.12. The van der Waals surface area contributed by atoms with Crippen molar-refractivity contribution in [2.45, 2.75) is 6.92 Å². The molecule has 11 aromatic carbocycles. The Morgan fingerprint density at radius 2 is 0.541 bits per heavy atom. The maximum absolute atomic E-state index is 5.23. The third kappa shape index (κ3) is 8.65. The summed E-state index contributed by atoms with van der Waals surface area (Å²) in [7, 11) is 0. The summed E-state index contributed by atoms with van der Waals surface area (Å²) in [5, 5.41) is 2.49. The molecule has 74 heavy (non-hydrogen) atoms. The van der Waals surface area contributed by atoms with E-state index in [0.29, 0.717) is 17.5 Å².